The van der Waals surface area contributed by atoms with E-state index < -0.39 is 0 Å². The summed E-state index contributed by atoms with van der Waals surface area (Å²) in [6.07, 6.45) is 2.65. The predicted molar refractivity (Wildman–Crippen MR) is 116 cm³/mol. The molecule has 8 heteroatoms. The molecule has 1 aromatic heterocycles. The summed E-state index contributed by atoms with van der Waals surface area (Å²) in [5.41, 5.74) is 1.28. The summed E-state index contributed by atoms with van der Waals surface area (Å²) in [5, 5.41) is 7.09. The van der Waals surface area contributed by atoms with Crippen LogP contribution >= 0.6 is 0 Å². The molecule has 7 nitrogen and oxygen atoms in total. The fourth-order valence-corrected chi connectivity index (χ4v) is 3.76. The van der Waals surface area contributed by atoms with Crippen molar-refractivity contribution in [1.29, 1.82) is 0 Å². The van der Waals surface area contributed by atoms with E-state index in [-0.39, 0.29) is 29.8 Å². The summed E-state index contributed by atoms with van der Waals surface area (Å²) in [4.78, 5) is 19.2. The third-order valence-corrected chi connectivity index (χ3v) is 5.73. The molecule has 0 radical (unpaired) electrons. The Morgan fingerprint density at radius 3 is 2.74 bits per heavy atom. The van der Waals surface area contributed by atoms with Crippen LogP contribution in [0.5, 0.6) is 0 Å². The molecule has 1 amide bonds. The van der Waals surface area contributed by atoms with Gasteiger partial charge in [0.1, 0.15) is 5.82 Å². The molecule has 31 heavy (non-hydrogen) atoms. The van der Waals surface area contributed by atoms with Crippen molar-refractivity contribution >= 4 is 5.91 Å². The first kappa shape index (κ1) is 23.3. The fraction of sp³-hybridized carbons (Fsp3) is 0.609. The zero-order chi connectivity index (χ0) is 22.4. The molecule has 1 fully saturated rings. The summed E-state index contributed by atoms with van der Waals surface area (Å²) < 4.78 is 24.5. The van der Waals surface area contributed by atoms with Crippen molar-refractivity contribution in [3.63, 3.8) is 0 Å². The fourth-order valence-electron chi connectivity index (χ4n) is 3.76. The molecule has 1 saturated heterocycles. The molecular formula is C23H33FN4O3. The van der Waals surface area contributed by atoms with E-state index in [9.17, 15) is 9.18 Å². The topological polar surface area (TPSA) is 80.5 Å². The van der Waals surface area contributed by atoms with Gasteiger partial charge in [0, 0.05) is 24.6 Å². The number of aromatic nitrogens is 2. The number of rotatable bonds is 9. The van der Waals surface area contributed by atoms with Crippen LogP contribution in [-0.2, 0) is 9.53 Å². The van der Waals surface area contributed by atoms with Gasteiger partial charge in [-0.1, -0.05) is 5.16 Å². The van der Waals surface area contributed by atoms with Crippen LogP contribution in [0.3, 0.4) is 0 Å². The number of halogens is 1. The molecule has 2 aromatic rings. The first-order chi connectivity index (χ1) is 14.8. The number of piperidine rings is 1. The number of nitrogens with zero attached hydrogens (tertiary/aromatic N) is 3. The minimum Gasteiger partial charge on any atom is -0.379 e. The maximum atomic E-state index is 13.5. The number of amides is 1. The number of nitrogens with one attached hydrogen (secondary N) is 1. The number of likely N-dealkylation sites (tertiary alicyclic amines) is 1. The van der Waals surface area contributed by atoms with Crippen molar-refractivity contribution in [2.45, 2.75) is 59.1 Å². The minimum absolute atomic E-state index is 0.0369. The van der Waals surface area contributed by atoms with Crippen molar-refractivity contribution < 1.29 is 18.4 Å². The summed E-state index contributed by atoms with van der Waals surface area (Å²) >= 11 is 0. The van der Waals surface area contributed by atoms with Gasteiger partial charge in [0.05, 0.1) is 12.1 Å². The number of ether oxygens (including phenoxy) is 1. The highest BCUT2D eigenvalue weighted by molar-refractivity contribution is 5.78. The van der Waals surface area contributed by atoms with Crippen molar-refractivity contribution in [3.8, 4) is 11.4 Å². The Morgan fingerprint density at radius 2 is 2.06 bits per heavy atom. The van der Waals surface area contributed by atoms with Crippen LogP contribution in [0.15, 0.2) is 22.7 Å². The van der Waals surface area contributed by atoms with Gasteiger partial charge >= 0.3 is 0 Å². The van der Waals surface area contributed by atoms with Gasteiger partial charge in [-0.2, -0.15) is 4.98 Å². The van der Waals surface area contributed by atoms with Crippen molar-refractivity contribution in [2.75, 3.05) is 26.2 Å². The van der Waals surface area contributed by atoms with Crippen LogP contribution in [0.2, 0.25) is 0 Å². The molecule has 0 aliphatic carbocycles. The zero-order valence-corrected chi connectivity index (χ0v) is 18.9. The van der Waals surface area contributed by atoms with Crippen LogP contribution < -0.4 is 5.32 Å². The van der Waals surface area contributed by atoms with Gasteiger partial charge in [-0.05, 0) is 83.8 Å². The summed E-state index contributed by atoms with van der Waals surface area (Å²) in [6.45, 7) is 10.7. The maximum absolute atomic E-state index is 13.5. The van der Waals surface area contributed by atoms with Gasteiger partial charge in [0.2, 0.25) is 17.6 Å². The van der Waals surface area contributed by atoms with Crippen molar-refractivity contribution in [3.05, 3.63) is 35.5 Å². The second-order valence-corrected chi connectivity index (χ2v) is 8.47. The Balaban J connectivity index is 1.47. The zero-order valence-electron chi connectivity index (χ0n) is 18.9. The van der Waals surface area contributed by atoms with E-state index in [1.54, 1.807) is 19.1 Å². The molecule has 0 bridgehead atoms. The van der Waals surface area contributed by atoms with Crippen LogP contribution in [-0.4, -0.2) is 53.3 Å². The van der Waals surface area contributed by atoms with Crippen LogP contribution in [0, 0.1) is 18.7 Å². The van der Waals surface area contributed by atoms with E-state index in [0.29, 0.717) is 30.4 Å². The van der Waals surface area contributed by atoms with Gasteiger partial charge in [-0.25, -0.2) is 4.39 Å². The van der Waals surface area contributed by atoms with Gasteiger partial charge in [0.25, 0.3) is 0 Å². The molecule has 1 aliphatic rings. The average molecular weight is 433 g/mol. The Hall–Kier alpha value is -2.32. The lowest BCUT2D eigenvalue weighted by Gasteiger charge is -2.33. The van der Waals surface area contributed by atoms with Crippen LogP contribution in [0.25, 0.3) is 11.4 Å². The number of carbonyl (C=O) groups is 1. The smallest absolute Gasteiger partial charge is 0.244 e. The molecule has 0 spiro atoms. The Labute approximate surface area is 183 Å². The average Bonchev–Trinajstić information content (AvgIpc) is 3.25. The monoisotopic (exact) mass is 432 g/mol. The summed E-state index contributed by atoms with van der Waals surface area (Å²) in [5.74, 6) is 0.904. The van der Waals surface area contributed by atoms with E-state index >= 15 is 0 Å². The summed E-state index contributed by atoms with van der Waals surface area (Å²) in [7, 11) is 0. The number of carbonyl (C=O) groups excluding carboxylic acids is 1. The Bertz CT molecular complexity index is 862. The standard InChI is InChI=1S/C23H33FN4O3/c1-15(2)30-13-5-10-25-22(29)18-8-11-28(12-9-18)17(4)23-26-21(27-31-23)19-6-7-20(24)16(3)14-19/h6-7,14-15,17-18H,5,8-13H2,1-4H3,(H,25,29). The molecule has 0 saturated carbocycles. The number of hydrogen-bond acceptors (Lipinski definition) is 6. The highest BCUT2D eigenvalue weighted by atomic mass is 19.1. The highest BCUT2D eigenvalue weighted by Gasteiger charge is 2.29. The van der Waals surface area contributed by atoms with Gasteiger partial charge in [-0.15, -0.1) is 0 Å². The first-order valence-electron chi connectivity index (χ1n) is 11.1. The molecule has 2 heterocycles. The molecule has 1 aliphatic heterocycles. The lowest BCUT2D eigenvalue weighted by Crippen LogP contribution is -2.41. The summed E-state index contributed by atoms with van der Waals surface area (Å²) in [6, 6.07) is 4.74. The number of aryl methyl sites for hydroxylation is 1. The third-order valence-electron chi connectivity index (χ3n) is 5.73. The van der Waals surface area contributed by atoms with E-state index in [1.807, 2.05) is 20.8 Å². The third kappa shape index (κ3) is 6.33. The lowest BCUT2D eigenvalue weighted by molar-refractivity contribution is -0.126. The Morgan fingerprint density at radius 1 is 1.32 bits per heavy atom. The molecule has 3 rings (SSSR count). The van der Waals surface area contributed by atoms with Crippen molar-refractivity contribution in [2.24, 2.45) is 5.92 Å². The molecular weight excluding hydrogens is 399 g/mol. The lowest BCUT2D eigenvalue weighted by atomic mass is 9.95. The second kappa shape index (κ2) is 10.8. The minimum atomic E-state index is -0.253. The van der Waals surface area contributed by atoms with E-state index in [0.717, 1.165) is 37.9 Å². The first-order valence-corrected chi connectivity index (χ1v) is 11.1. The van der Waals surface area contributed by atoms with Gasteiger partial charge in [0.15, 0.2) is 0 Å². The van der Waals surface area contributed by atoms with E-state index in [1.165, 1.54) is 6.07 Å². The largest absolute Gasteiger partial charge is 0.379 e. The quantitative estimate of drug-likeness (QED) is 0.606. The molecule has 1 N–H and O–H groups in total. The SMILES string of the molecule is Cc1cc(-c2noc(C(C)N3CCC(C(=O)NCCCOC(C)C)CC3)n2)ccc1F. The van der Waals surface area contributed by atoms with Crippen LogP contribution in [0.4, 0.5) is 4.39 Å². The molecule has 170 valence electrons. The Kier molecular flexibility index (Phi) is 8.15. The molecule has 1 atom stereocenters. The normalized spacial score (nSPS) is 16.6. The van der Waals surface area contributed by atoms with E-state index in [4.69, 9.17) is 9.26 Å². The molecule has 1 aromatic carbocycles. The second-order valence-electron chi connectivity index (χ2n) is 8.47. The maximum Gasteiger partial charge on any atom is 0.244 e. The van der Waals surface area contributed by atoms with Crippen LogP contribution in [0.1, 0.15) is 57.5 Å². The van der Waals surface area contributed by atoms with E-state index in [2.05, 4.69) is 20.4 Å². The molecule has 1 unspecified atom stereocenters. The predicted octanol–water partition coefficient (Wildman–Crippen LogP) is 3.89. The highest BCUT2D eigenvalue weighted by Crippen LogP contribution is 2.27. The number of benzene rings is 1. The van der Waals surface area contributed by atoms with Crippen molar-refractivity contribution in [1.82, 2.24) is 20.4 Å². The number of hydrogen-bond donors (Lipinski definition) is 1. The van der Waals surface area contributed by atoms with Gasteiger partial charge in [-0.3, -0.25) is 9.69 Å². The van der Waals surface area contributed by atoms with Gasteiger partial charge < -0.3 is 14.6 Å².